The van der Waals surface area contributed by atoms with E-state index in [0.717, 1.165) is 17.5 Å². The Morgan fingerprint density at radius 2 is 2.24 bits per heavy atom. The molecule has 0 radical (unpaired) electrons. The third-order valence-electron chi connectivity index (χ3n) is 2.73. The maximum atomic E-state index is 11.2. The average molecular weight is 288 g/mol. The number of aromatic amines is 1. The molecule has 1 aromatic rings. The van der Waals surface area contributed by atoms with Gasteiger partial charge < -0.3 is 9.64 Å². The van der Waals surface area contributed by atoms with Gasteiger partial charge in [0, 0.05) is 18.2 Å². The number of aryl methyl sites for hydroxylation is 1. The molecule has 0 aliphatic heterocycles. The van der Waals surface area contributed by atoms with Gasteiger partial charge in [0.2, 0.25) is 6.41 Å². The van der Waals surface area contributed by atoms with Crippen molar-refractivity contribution < 1.29 is 9.53 Å². The fourth-order valence-electron chi connectivity index (χ4n) is 1.63. The molecule has 0 unspecified atom stereocenters. The summed E-state index contributed by atoms with van der Waals surface area (Å²) in [6.07, 6.45) is 5.95. The number of hydrogen-bond acceptors (Lipinski definition) is 3. The van der Waals surface area contributed by atoms with E-state index in [0.29, 0.717) is 19.0 Å². The number of hydrogen-bond donors (Lipinski definition) is 1. The molecule has 0 saturated heterocycles. The minimum atomic E-state index is -0.217. The fraction of sp³-hybridized carbons (Fsp3) is 0.250. The number of H-pyrrole nitrogens is 1. The van der Waals surface area contributed by atoms with Crippen LogP contribution in [0.2, 0.25) is 0 Å². The molecule has 0 bridgehead atoms. The Bertz CT molecular complexity index is 587. The van der Waals surface area contributed by atoms with Gasteiger partial charge in [-0.15, -0.1) is 0 Å². The summed E-state index contributed by atoms with van der Waals surface area (Å²) in [7, 11) is 0. The van der Waals surface area contributed by atoms with Crippen molar-refractivity contribution in [1.29, 1.82) is 0 Å². The summed E-state index contributed by atoms with van der Waals surface area (Å²) in [4.78, 5) is 26.4. The first-order valence-corrected chi connectivity index (χ1v) is 6.55. The van der Waals surface area contributed by atoms with Crippen LogP contribution < -0.4 is 10.3 Å². The van der Waals surface area contributed by atoms with Crippen LogP contribution in [0.1, 0.15) is 5.56 Å². The van der Waals surface area contributed by atoms with Gasteiger partial charge in [-0.05, 0) is 18.6 Å². The number of aromatic nitrogens is 1. The summed E-state index contributed by atoms with van der Waals surface area (Å²) < 4.78 is 5.49. The van der Waals surface area contributed by atoms with Crippen LogP contribution in [0.4, 0.5) is 0 Å². The van der Waals surface area contributed by atoms with Crippen LogP contribution in [0, 0.1) is 6.92 Å². The second-order valence-corrected chi connectivity index (χ2v) is 4.51. The highest BCUT2D eigenvalue weighted by Gasteiger charge is 2.05. The van der Waals surface area contributed by atoms with Crippen LogP contribution in [0.15, 0.2) is 53.9 Å². The van der Waals surface area contributed by atoms with Crippen molar-refractivity contribution in [2.75, 3.05) is 19.7 Å². The van der Waals surface area contributed by atoms with Crippen LogP contribution in [-0.2, 0) is 4.79 Å². The lowest BCUT2D eigenvalue weighted by atomic mass is 10.2. The molecule has 1 amide bonds. The maximum Gasteiger partial charge on any atom is 0.250 e. The van der Waals surface area contributed by atoms with Crippen LogP contribution in [0.3, 0.4) is 0 Å². The van der Waals surface area contributed by atoms with Crippen molar-refractivity contribution in [2.24, 2.45) is 0 Å². The maximum absolute atomic E-state index is 11.2. The first-order valence-electron chi connectivity index (χ1n) is 6.55. The highest BCUT2D eigenvalue weighted by Crippen LogP contribution is 2.10. The minimum absolute atomic E-state index is 0.217. The minimum Gasteiger partial charge on any atom is -0.477 e. The summed E-state index contributed by atoms with van der Waals surface area (Å²) in [5, 5.41) is 0. The summed E-state index contributed by atoms with van der Waals surface area (Å²) in [6, 6.07) is 3.13. The molecule has 112 valence electrons. The van der Waals surface area contributed by atoms with E-state index in [-0.39, 0.29) is 12.2 Å². The monoisotopic (exact) mass is 288 g/mol. The molecule has 5 nitrogen and oxygen atoms in total. The number of nitrogens with one attached hydrogen (secondary N) is 1. The molecule has 1 heterocycles. The van der Waals surface area contributed by atoms with Gasteiger partial charge >= 0.3 is 0 Å². The summed E-state index contributed by atoms with van der Waals surface area (Å²) in [5.74, 6) is 0.429. The Labute approximate surface area is 124 Å². The molecule has 1 rings (SSSR count). The number of rotatable bonds is 9. The van der Waals surface area contributed by atoms with E-state index in [9.17, 15) is 9.59 Å². The number of ether oxygens (including phenoxy) is 1. The molecular formula is C16H20N2O3. The third kappa shape index (κ3) is 5.95. The molecule has 21 heavy (non-hydrogen) atoms. The zero-order chi connectivity index (χ0) is 15.7. The second kappa shape index (κ2) is 8.58. The van der Waals surface area contributed by atoms with Crippen LogP contribution in [-0.4, -0.2) is 36.0 Å². The van der Waals surface area contributed by atoms with Crippen molar-refractivity contribution in [3.05, 3.63) is 65.0 Å². The fourth-order valence-corrected chi connectivity index (χ4v) is 1.63. The van der Waals surface area contributed by atoms with Gasteiger partial charge in [0.05, 0.1) is 6.54 Å². The lowest BCUT2D eigenvalue weighted by molar-refractivity contribution is -0.118. The zero-order valence-corrected chi connectivity index (χ0v) is 12.2. The third-order valence-corrected chi connectivity index (χ3v) is 2.73. The Morgan fingerprint density at radius 3 is 2.90 bits per heavy atom. The quantitative estimate of drug-likeness (QED) is 0.557. The van der Waals surface area contributed by atoms with Gasteiger partial charge in [0.15, 0.2) is 5.88 Å². The standard InChI is InChI=1S/C16H20N2O3/c1-4-5-6-13(2)11-18(12-19)9-10-21-16-14(3)7-8-15(20)17-16/h4-8,12H,1-2,9-11H2,3H3,(H,17,20)/b6-5-. The Balaban J connectivity index is 2.48. The van der Waals surface area contributed by atoms with Gasteiger partial charge in [0.25, 0.3) is 5.56 Å². The van der Waals surface area contributed by atoms with E-state index in [1.54, 1.807) is 29.2 Å². The first-order chi connectivity index (χ1) is 10.1. The van der Waals surface area contributed by atoms with Gasteiger partial charge in [-0.25, -0.2) is 0 Å². The number of nitrogens with zero attached hydrogens (tertiary/aromatic N) is 1. The van der Waals surface area contributed by atoms with E-state index in [2.05, 4.69) is 18.1 Å². The van der Waals surface area contributed by atoms with E-state index in [1.165, 1.54) is 6.07 Å². The van der Waals surface area contributed by atoms with Crippen molar-refractivity contribution in [3.8, 4) is 5.88 Å². The van der Waals surface area contributed by atoms with Gasteiger partial charge in [-0.1, -0.05) is 31.4 Å². The van der Waals surface area contributed by atoms with Crippen molar-refractivity contribution >= 4 is 6.41 Å². The number of pyridine rings is 1. The highest BCUT2D eigenvalue weighted by molar-refractivity contribution is 5.48. The largest absolute Gasteiger partial charge is 0.477 e. The van der Waals surface area contributed by atoms with E-state index in [4.69, 9.17) is 4.74 Å². The van der Waals surface area contributed by atoms with Gasteiger partial charge in [-0.2, -0.15) is 0 Å². The lowest BCUT2D eigenvalue weighted by Crippen LogP contribution is -2.29. The van der Waals surface area contributed by atoms with Gasteiger partial charge in [0.1, 0.15) is 6.61 Å². The van der Waals surface area contributed by atoms with Crippen LogP contribution >= 0.6 is 0 Å². The van der Waals surface area contributed by atoms with Crippen molar-refractivity contribution in [2.45, 2.75) is 6.92 Å². The highest BCUT2D eigenvalue weighted by atomic mass is 16.5. The normalized spacial score (nSPS) is 10.3. The summed E-state index contributed by atoms with van der Waals surface area (Å²) >= 11 is 0. The SMILES string of the molecule is C=C/C=C\C(=C)CN(C=O)CCOc1[nH]c(=O)ccc1C. The molecule has 5 heteroatoms. The molecule has 0 atom stereocenters. The van der Waals surface area contributed by atoms with Crippen LogP contribution in [0.5, 0.6) is 5.88 Å². The second-order valence-electron chi connectivity index (χ2n) is 4.51. The zero-order valence-electron chi connectivity index (χ0n) is 12.2. The summed E-state index contributed by atoms with van der Waals surface area (Å²) in [5.41, 5.74) is 1.42. The molecule has 0 aromatic carbocycles. The number of allylic oxidation sites excluding steroid dienone is 2. The lowest BCUT2D eigenvalue weighted by Gasteiger charge is -2.18. The van der Waals surface area contributed by atoms with Crippen LogP contribution in [0.25, 0.3) is 0 Å². The topological polar surface area (TPSA) is 62.4 Å². The molecular weight excluding hydrogens is 268 g/mol. The molecule has 1 aromatic heterocycles. The smallest absolute Gasteiger partial charge is 0.250 e. The average Bonchev–Trinajstić information content (AvgIpc) is 2.47. The Hall–Kier alpha value is -2.56. The number of carbonyl (C=O) groups is 1. The predicted molar refractivity (Wildman–Crippen MR) is 83.4 cm³/mol. The number of carbonyl (C=O) groups excluding carboxylic acids is 1. The van der Waals surface area contributed by atoms with Gasteiger partial charge in [-0.3, -0.25) is 14.6 Å². The Morgan fingerprint density at radius 1 is 1.48 bits per heavy atom. The number of amides is 1. The predicted octanol–water partition coefficient (Wildman–Crippen LogP) is 1.82. The summed E-state index contributed by atoms with van der Waals surface area (Å²) in [6.45, 7) is 10.4. The van der Waals surface area contributed by atoms with E-state index in [1.807, 2.05) is 6.92 Å². The molecule has 0 aliphatic rings. The van der Waals surface area contributed by atoms with Crippen molar-refractivity contribution in [1.82, 2.24) is 9.88 Å². The Kier molecular flexibility index (Phi) is 6.74. The molecule has 0 spiro atoms. The molecule has 0 saturated carbocycles. The molecule has 1 N–H and O–H groups in total. The molecule has 0 aliphatic carbocycles. The first kappa shape index (κ1) is 16.5. The van der Waals surface area contributed by atoms with E-state index < -0.39 is 0 Å². The van der Waals surface area contributed by atoms with Crippen molar-refractivity contribution in [3.63, 3.8) is 0 Å². The molecule has 0 fully saturated rings. The van der Waals surface area contributed by atoms with E-state index >= 15 is 0 Å².